The largest absolute Gasteiger partial charge is 0.497 e. The molecule has 1 aliphatic rings. The van der Waals surface area contributed by atoms with Crippen molar-refractivity contribution in [1.29, 1.82) is 0 Å². The first-order valence-electron chi connectivity index (χ1n) is 10.2. The minimum absolute atomic E-state index is 0.225. The lowest BCUT2D eigenvalue weighted by Gasteiger charge is -2.25. The van der Waals surface area contributed by atoms with Crippen LogP contribution in [0, 0.1) is 0 Å². The van der Waals surface area contributed by atoms with Crippen LogP contribution in [0.4, 0.5) is 4.79 Å². The quantitative estimate of drug-likeness (QED) is 0.513. The van der Waals surface area contributed by atoms with Gasteiger partial charge in [0.2, 0.25) is 0 Å². The number of benzene rings is 1. The molecule has 1 amide bonds. The highest BCUT2D eigenvalue weighted by atomic mass is 16.6. The Morgan fingerprint density at radius 2 is 1.69 bits per heavy atom. The van der Waals surface area contributed by atoms with E-state index in [1.54, 1.807) is 52.1 Å². The predicted molar refractivity (Wildman–Crippen MR) is 109 cm³/mol. The van der Waals surface area contributed by atoms with Gasteiger partial charge in [-0.15, -0.1) is 0 Å². The van der Waals surface area contributed by atoms with Gasteiger partial charge in [-0.1, -0.05) is 19.3 Å². The third-order valence-corrected chi connectivity index (χ3v) is 4.57. The molecular formula is C22H33NO6. The number of amides is 1. The van der Waals surface area contributed by atoms with E-state index < -0.39 is 23.7 Å². The Kier molecular flexibility index (Phi) is 8.76. The molecule has 0 bridgehead atoms. The normalized spacial score (nSPS) is 16.0. The van der Waals surface area contributed by atoms with Crippen molar-refractivity contribution in [2.45, 2.75) is 77.0 Å². The number of carbonyl (C=O) groups is 2. The molecular weight excluding hydrogens is 374 g/mol. The minimum Gasteiger partial charge on any atom is -0.497 e. The van der Waals surface area contributed by atoms with E-state index in [2.05, 4.69) is 5.32 Å². The predicted octanol–water partition coefficient (Wildman–Crippen LogP) is 4.23. The minimum atomic E-state index is -0.865. The zero-order chi connectivity index (χ0) is 21.3. The molecule has 7 heteroatoms. The van der Waals surface area contributed by atoms with Crippen molar-refractivity contribution in [2.75, 3.05) is 13.7 Å². The fourth-order valence-corrected chi connectivity index (χ4v) is 3.11. The van der Waals surface area contributed by atoms with E-state index in [1.807, 2.05) is 0 Å². The second kappa shape index (κ2) is 11.0. The second-order valence-corrected chi connectivity index (χ2v) is 8.21. The molecule has 0 heterocycles. The molecule has 7 nitrogen and oxygen atoms in total. The zero-order valence-corrected chi connectivity index (χ0v) is 17.9. The highest BCUT2D eigenvalue weighted by Gasteiger charge is 2.26. The van der Waals surface area contributed by atoms with Gasteiger partial charge in [0.25, 0.3) is 0 Å². The average molecular weight is 408 g/mol. The van der Waals surface area contributed by atoms with Crippen LogP contribution >= 0.6 is 0 Å². The van der Waals surface area contributed by atoms with Crippen molar-refractivity contribution in [1.82, 2.24) is 5.32 Å². The lowest BCUT2D eigenvalue weighted by Crippen LogP contribution is -2.46. The van der Waals surface area contributed by atoms with Crippen LogP contribution in [-0.4, -0.2) is 43.5 Å². The highest BCUT2D eigenvalue weighted by molar-refractivity contribution is 5.83. The molecule has 1 N–H and O–H groups in total. The summed E-state index contributed by atoms with van der Waals surface area (Å²) in [4.78, 5) is 24.8. The van der Waals surface area contributed by atoms with Gasteiger partial charge in [-0.2, -0.15) is 0 Å². The van der Waals surface area contributed by atoms with Gasteiger partial charge in [0.1, 0.15) is 23.1 Å². The van der Waals surface area contributed by atoms with E-state index in [-0.39, 0.29) is 6.10 Å². The van der Waals surface area contributed by atoms with Crippen molar-refractivity contribution in [3.05, 3.63) is 24.3 Å². The highest BCUT2D eigenvalue weighted by Crippen LogP contribution is 2.21. The summed E-state index contributed by atoms with van der Waals surface area (Å²) >= 11 is 0. The molecule has 1 aromatic rings. The summed E-state index contributed by atoms with van der Waals surface area (Å²) in [7, 11) is 1.56. The molecule has 1 aliphatic carbocycles. The number of nitrogens with one attached hydrogen (secondary N) is 1. The molecule has 1 aromatic carbocycles. The molecule has 1 atom stereocenters. The molecule has 0 spiro atoms. The third kappa shape index (κ3) is 8.73. The van der Waals surface area contributed by atoms with Gasteiger partial charge in [-0.25, -0.2) is 9.59 Å². The van der Waals surface area contributed by atoms with Crippen LogP contribution in [0.1, 0.15) is 59.3 Å². The third-order valence-electron chi connectivity index (χ3n) is 4.57. The summed E-state index contributed by atoms with van der Waals surface area (Å²) in [6, 6.07) is 5.81. The van der Waals surface area contributed by atoms with Crippen molar-refractivity contribution in [3.63, 3.8) is 0 Å². The van der Waals surface area contributed by atoms with Crippen LogP contribution < -0.4 is 14.8 Å². The smallest absolute Gasteiger partial charge is 0.408 e. The monoisotopic (exact) mass is 407 g/mol. The van der Waals surface area contributed by atoms with Crippen molar-refractivity contribution >= 4 is 12.1 Å². The number of hydrogen-bond acceptors (Lipinski definition) is 6. The van der Waals surface area contributed by atoms with Crippen LogP contribution in [0.15, 0.2) is 24.3 Å². The molecule has 0 aromatic heterocycles. The van der Waals surface area contributed by atoms with Crippen molar-refractivity contribution in [3.8, 4) is 11.5 Å². The topological polar surface area (TPSA) is 83.1 Å². The first-order chi connectivity index (χ1) is 13.8. The van der Waals surface area contributed by atoms with Gasteiger partial charge in [-0.05, 0) is 57.9 Å². The molecule has 0 unspecified atom stereocenters. The summed E-state index contributed by atoms with van der Waals surface area (Å²) in [6.07, 6.45) is 5.55. The van der Waals surface area contributed by atoms with Crippen LogP contribution in [0.3, 0.4) is 0 Å². The van der Waals surface area contributed by atoms with Crippen LogP contribution in [-0.2, 0) is 14.3 Å². The van der Waals surface area contributed by atoms with E-state index in [9.17, 15) is 9.59 Å². The first kappa shape index (κ1) is 23.0. The number of rotatable bonds is 8. The number of methoxy groups -OCH3 is 1. The molecule has 0 aliphatic heterocycles. The van der Waals surface area contributed by atoms with Gasteiger partial charge in [0.05, 0.1) is 13.2 Å². The Labute approximate surface area is 173 Å². The Hall–Kier alpha value is -2.28. The van der Waals surface area contributed by atoms with Crippen molar-refractivity contribution < 1.29 is 28.5 Å². The Balaban J connectivity index is 1.95. The summed E-state index contributed by atoms with van der Waals surface area (Å²) < 4.78 is 21.7. The number of carbonyl (C=O) groups excluding carboxylic acids is 2. The summed E-state index contributed by atoms with van der Waals surface area (Å²) in [5.41, 5.74) is -0.660. The number of ether oxygens (including phenoxy) is 4. The lowest BCUT2D eigenvalue weighted by atomic mass is 9.98. The van der Waals surface area contributed by atoms with E-state index in [0.29, 0.717) is 24.5 Å². The van der Waals surface area contributed by atoms with Crippen LogP contribution in [0.25, 0.3) is 0 Å². The van der Waals surface area contributed by atoms with Gasteiger partial charge >= 0.3 is 12.1 Å². The van der Waals surface area contributed by atoms with E-state index in [0.717, 1.165) is 12.8 Å². The molecule has 2 rings (SSSR count). The lowest BCUT2D eigenvalue weighted by molar-refractivity contribution is -0.137. The SMILES string of the molecule is COc1ccc(OC(=O)[C@H](CCOC2CCCCC2)NC(=O)OC(C)(C)C)cc1. The van der Waals surface area contributed by atoms with Gasteiger partial charge < -0.3 is 24.3 Å². The summed E-state index contributed by atoms with van der Waals surface area (Å²) in [5, 5.41) is 2.61. The molecule has 29 heavy (non-hydrogen) atoms. The van der Waals surface area contributed by atoms with Crippen LogP contribution in [0.5, 0.6) is 11.5 Å². The number of esters is 1. The molecule has 1 fully saturated rings. The fourth-order valence-electron chi connectivity index (χ4n) is 3.11. The maximum absolute atomic E-state index is 12.7. The second-order valence-electron chi connectivity index (χ2n) is 8.21. The summed E-state index contributed by atoms with van der Waals surface area (Å²) in [5.74, 6) is 0.474. The maximum Gasteiger partial charge on any atom is 0.408 e. The molecule has 0 saturated heterocycles. The number of hydrogen-bond donors (Lipinski definition) is 1. The average Bonchev–Trinajstić information content (AvgIpc) is 2.67. The van der Waals surface area contributed by atoms with Gasteiger partial charge in [-0.3, -0.25) is 0 Å². The summed E-state index contributed by atoms with van der Waals surface area (Å²) in [6.45, 7) is 5.67. The molecule has 162 valence electrons. The van der Waals surface area contributed by atoms with Gasteiger partial charge in [0, 0.05) is 13.0 Å². The standard InChI is InChI=1S/C22H33NO6/c1-22(2,3)29-21(25)23-19(14-15-27-17-8-6-5-7-9-17)20(24)28-18-12-10-16(26-4)11-13-18/h10-13,17,19H,5-9,14-15H2,1-4H3,(H,23,25)/t19-/m0/s1. The van der Waals surface area contributed by atoms with E-state index in [1.165, 1.54) is 19.3 Å². The van der Waals surface area contributed by atoms with Gasteiger partial charge in [0.15, 0.2) is 0 Å². The fraction of sp³-hybridized carbons (Fsp3) is 0.636. The maximum atomic E-state index is 12.7. The number of alkyl carbamates (subject to hydrolysis) is 1. The molecule has 1 saturated carbocycles. The first-order valence-corrected chi connectivity index (χ1v) is 10.2. The molecule has 0 radical (unpaired) electrons. The zero-order valence-electron chi connectivity index (χ0n) is 17.9. The Bertz CT molecular complexity index is 646. The Morgan fingerprint density at radius 3 is 2.28 bits per heavy atom. The van der Waals surface area contributed by atoms with Crippen molar-refractivity contribution in [2.24, 2.45) is 0 Å². The van der Waals surface area contributed by atoms with E-state index >= 15 is 0 Å². The Morgan fingerprint density at radius 1 is 1.07 bits per heavy atom. The van der Waals surface area contributed by atoms with Crippen LogP contribution in [0.2, 0.25) is 0 Å². The van der Waals surface area contributed by atoms with E-state index in [4.69, 9.17) is 18.9 Å².